The maximum atomic E-state index is 10.0. The molecule has 3 nitrogen and oxygen atoms in total. The Balaban J connectivity index is -0.000000174. The van der Waals surface area contributed by atoms with Crippen molar-refractivity contribution in [1.82, 2.24) is 0 Å². The lowest BCUT2D eigenvalue weighted by atomic mass is 10.3. The molecule has 0 fully saturated rings. The highest BCUT2D eigenvalue weighted by molar-refractivity contribution is 5.75. The lowest BCUT2D eigenvalue weighted by Gasteiger charge is -1.80. The lowest BCUT2D eigenvalue weighted by Crippen LogP contribution is -1.84. The molecule has 0 saturated heterocycles. The van der Waals surface area contributed by atoms with Gasteiger partial charge < -0.3 is 14.4 Å². The molecular weight excluding hydrogens is 216 g/mol. The Morgan fingerprint density at radius 1 is 0.647 bits per heavy atom. The van der Waals surface area contributed by atoms with Crippen LogP contribution in [-0.2, 0) is 14.4 Å². The predicted octanol–water partition coefficient (Wildman–Crippen LogP) is 3.74. The summed E-state index contributed by atoms with van der Waals surface area (Å²) in [5, 5.41) is 0. The summed E-state index contributed by atoms with van der Waals surface area (Å²) in [6.07, 6.45) is 4.10. The Morgan fingerprint density at radius 3 is 0.882 bits per heavy atom. The quantitative estimate of drug-likeness (QED) is 0.740. The molecule has 0 saturated carbocycles. The predicted molar refractivity (Wildman–Crippen MR) is 72.2 cm³/mol. The normalized spacial score (nSPS) is 8.12. The Bertz CT molecular complexity index is 192. The zero-order valence-electron chi connectivity index (χ0n) is 12.3. The second kappa shape index (κ2) is 17.4. The molecule has 0 N–H and O–H groups in total. The van der Waals surface area contributed by atoms with Gasteiger partial charge in [0.25, 0.3) is 0 Å². The van der Waals surface area contributed by atoms with Crippen LogP contribution in [0.4, 0.5) is 0 Å². The fourth-order valence-electron chi connectivity index (χ4n) is 0.704. The molecule has 17 heavy (non-hydrogen) atoms. The van der Waals surface area contributed by atoms with Gasteiger partial charge in [-0.25, -0.2) is 0 Å². The lowest BCUT2D eigenvalue weighted by molar-refractivity contribution is -0.117. The van der Waals surface area contributed by atoms with Gasteiger partial charge in [-0.05, 0) is 33.6 Å². The number of hydrogen-bond acceptors (Lipinski definition) is 3. The van der Waals surface area contributed by atoms with Crippen molar-refractivity contribution in [2.75, 3.05) is 0 Å². The van der Waals surface area contributed by atoms with E-state index in [1.165, 1.54) is 0 Å². The second-order valence-corrected chi connectivity index (χ2v) is 3.96. The molecule has 0 atom stereocenters. The monoisotopic (exact) mass is 244 g/mol. The Morgan fingerprint density at radius 2 is 0.882 bits per heavy atom. The molecule has 0 rings (SSSR count). The topological polar surface area (TPSA) is 51.2 Å². The molecule has 0 bridgehead atoms. The maximum absolute atomic E-state index is 10.0. The standard InChI is InChI=1S/2C5H10O.C4H8O/c2*1-3-4-5(2)6;1-3-4(2)5/h2*3-4H2,1-2H3;3H2,1-2H3. The summed E-state index contributed by atoms with van der Waals surface area (Å²) in [5.74, 6) is 0.833. The molecule has 0 radical (unpaired) electrons. The van der Waals surface area contributed by atoms with Crippen molar-refractivity contribution >= 4 is 17.3 Å². The fourth-order valence-corrected chi connectivity index (χ4v) is 0.704. The molecule has 0 aliphatic rings. The van der Waals surface area contributed by atoms with Gasteiger partial charge in [0.15, 0.2) is 0 Å². The van der Waals surface area contributed by atoms with Gasteiger partial charge in [0.05, 0.1) is 0 Å². The van der Waals surface area contributed by atoms with Gasteiger partial charge in [0.2, 0.25) is 0 Å². The van der Waals surface area contributed by atoms with E-state index in [9.17, 15) is 14.4 Å². The number of hydrogen-bond donors (Lipinski definition) is 0. The molecule has 3 heteroatoms. The minimum atomic E-state index is 0.255. The van der Waals surface area contributed by atoms with Gasteiger partial charge in [-0.15, -0.1) is 0 Å². The molecule has 0 amide bonds. The zero-order valence-corrected chi connectivity index (χ0v) is 12.3. The van der Waals surface area contributed by atoms with E-state index >= 15 is 0 Å². The van der Waals surface area contributed by atoms with E-state index in [-0.39, 0.29) is 17.3 Å². The van der Waals surface area contributed by atoms with Crippen LogP contribution in [0.5, 0.6) is 0 Å². The van der Waals surface area contributed by atoms with Crippen molar-refractivity contribution in [2.45, 2.75) is 73.6 Å². The van der Waals surface area contributed by atoms with Crippen LogP contribution in [0.1, 0.15) is 73.6 Å². The summed E-state index contributed by atoms with van der Waals surface area (Å²) < 4.78 is 0. The zero-order chi connectivity index (χ0) is 14.3. The summed E-state index contributed by atoms with van der Waals surface area (Å²) >= 11 is 0. The molecule has 0 spiro atoms. The van der Waals surface area contributed by atoms with Gasteiger partial charge in [0.1, 0.15) is 17.3 Å². The minimum Gasteiger partial charge on any atom is -0.300 e. The molecule has 102 valence electrons. The summed E-state index contributed by atoms with van der Waals surface area (Å²) in [7, 11) is 0. The van der Waals surface area contributed by atoms with Gasteiger partial charge in [-0.3, -0.25) is 0 Å². The third-order valence-corrected chi connectivity index (χ3v) is 1.70. The van der Waals surface area contributed by atoms with Crippen LogP contribution in [0.2, 0.25) is 0 Å². The van der Waals surface area contributed by atoms with Gasteiger partial charge in [0, 0.05) is 19.3 Å². The van der Waals surface area contributed by atoms with Crippen LogP contribution in [0.15, 0.2) is 0 Å². The maximum Gasteiger partial charge on any atom is 0.129 e. The molecule has 0 aliphatic carbocycles. The van der Waals surface area contributed by atoms with Crippen molar-refractivity contribution in [3.8, 4) is 0 Å². The van der Waals surface area contributed by atoms with E-state index in [1.54, 1.807) is 20.8 Å². The van der Waals surface area contributed by atoms with Gasteiger partial charge >= 0.3 is 0 Å². The molecular formula is C14H28O3. The first-order chi connectivity index (χ1) is 7.81. The number of rotatable bonds is 5. The molecule has 0 aromatic carbocycles. The van der Waals surface area contributed by atoms with Gasteiger partial charge in [-0.2, -0.15) is 0 Å². The number of ketones is 3. The van der Waals surface area contributed by atoms with E-state index < -0.39 is 0 Å². The highest BCUT2D eigenvalue weighted by atomic mass is 16.1. The molecule has 0 heterocycles. The largest absolute Gasteiger partial charge is 0.300 e. The van der Waals surface area contributed by atoms with Crippen LogP contribution in [-0.4, -0.2) is 17.3 Å². The average molecular weight is 244 g/mol. The third-order valence-electron chi connectivity index (χ3n) is 1.70. The average Bonchev–Trinajstić information content (AvgIpc) is 2.19. The van der Waals surface area contributed by atoms with Crippen LogP contribution in [0, 0.1) is 0 Å². The van der Waals surface area contributed by atoms with E-state index in [0.717, 1.165) is 25.7 Å². The highest BCUT2D eigenvalue weighted by Crippen LogP contribution is 1.84. The summed E-state index contributed by atoms with van der Waals surface area (Å²) in [6, 6.07) is 0. The molecule has 0 aromatic rings. The Hall–Kier alpha value is -0.990. The second-order valence-electron chi connectivity index (χ2n) is 3.96. The molecule has 0 aromatic heterocycles. The van der Waals surface area contributed by atoms with Crippen molar-refractivity contribution in [3.05, 3.63) is 0 Å². The van der Waals surface area contributed by atoms with Crippen LogP contribution in [0.25, 0.3) is 0 Å². The minimum absolute atomic E-state index is 0.255. The fraction of sp³-hybridized carbons (Fsp3) is 0.786. The van der Waals surface area contributed by atoms with E-state index in [4.69, 9.17) is 0 Å². The smallest absolute Gasteiger partial charge is 0.129 e. The van der Waals surface area contributed by atoms with Crippen molar-refractivity contribution < 1.29 is 14.4 Å². The summed E-state index contributed by atoms with van der Waals surface area (Å²) in [6.45, 7) is 10.7. The van der Waals surface area contributed by atoms with Crippen LogP contribution >= 0.6 is 0 Å². The first-order valence-electron chi connectivity index (χ1n) is 6.29. The first kappa shape index (κ1) is 21.3. The van der Waals surface area contributed by atoms with E-state index in [1.807, 2.05) is 20.8 Å². The SMILES string of the molecule is CCC(C)=O.CCCC(C)=O.CCCC(C)=O. The Kier molecular flexibility index (Phi) is 21.8. The van der Waals surface area contributed by atoms with Crippen molar-refractivity contribution in [2.24, 2.45) is 0 Å². The number of Topliss-reactive ketones (excluding diaryl/α,β-unsaturated/α-hetero) is 3. The van der Waals surface area contributed by atoms with E-state index in [2.05, 4.69) is 0 Å². The van der Waals surface area contributed by atoms with Crippen LogP contribution < -0.4 is 0 Å². The van der Waals surface area contributed by atoms with Crippen molar-refractivity contribution in [3.63, 3.8) is 0 Å². The summed E-state index contributed by atoms with van der Waals surface area (Å²) in [4.78, 5) is 29.9. The first-order valence-corrected chi connectivity index (χ1v) is 6.29. The van der Waals surface area contributed by atoms with Crippen molar-refractivity contribution in [1.29, 1.82) is 0 Å². The summed E-state index contributed by atoms with van der Waals surface area (Å²) in [5.41, 5.74) is 0. The van der Waals surface area contributed by atoms with Crippen LogP contribution in [0.3, 0.4) is 0 Å². The third kappa shape index (κ3) is 51.7. The van der Waals surface area contributed by atoms with Gasteiger partial charge in [-0.1, -0.05) is 20.8 Å². The number of carbonyl (C=O) groups excluding carboxylic acids is 3. The Labute approximate surface area is 106 Å². The number of carbonyl (C=O) groups is 3. The van der Waals surface area contributed by atoms with E-state index in [0.29, 0.717) is 6.42 Å². The molecule has 0 aliphatic heterocycles. The highest BCUT2D eigenvalue weighted by Gasteiger charge is 1.84. The molecule has 0 unspecified atom stereocenters.